The summed E-state index contributed by atoms with van der Waals surface area (Å²) in [5.74, 6) is -0.487. The van der Waals surface area contributed by atoms with Crippen molar-refractivity contribution in [1.82, 2.24) is 0 Å². The Kier molecular flexibility index (Phi) is 12.8. The van der Waals surface area contributed by atoms with Crippen molar-refractivity contribution in [2.45, 2.75) is 212 Å². The van der Waals surface area contributed by atoms with Gasteiger partial charge in [-0.05, 0) is 110 Å². The van der Waals surface area contributed by atoms with Gasteiger partial charge in [-0.25, -0.2) is 4.79 Å². The molecule has 63 heavy (non-hydrogen) atoms. The first-order valence-electron chi connectivity index (χ1n) is 23.6. The summed E-state index contributed by atoms with van der Waals surface area (Å²) in [6.45, 7) is 17.7. The molecular formula is C47H76O16. The minimum absolute atomic E-state index is 0.0288. The maximum atomic E-state index is 12.5. The fourth-order valence-electron chi connectivity index (χ4n) is 14.9. The Morgan fingerprint density at radius 2 is 1.40 bits per heavy atom. The zero-order valence-corrected chi connectivity index (χ0v) is 38.3. The lowest BCUT2D eigenvalue weighted by Gasteiger charge is -2.71. The molecule has 2 unspecified atom stereocenters. The van der Waals surface area contributed by atoms with E-state index in [4.69, 9.17) is 28.4 Å². The highest BCUT2D eigenvalue weighted by Crippen LogP contribution is 2.76. The summed E-state index contributed by atoms with van der Waals surface area (Å²) >= 11 is 0. The minimum atomic E-state index is -1.97. The fourth-order valence-corrected chi connectivity index (χ4v) is 14.9. The van der Waals surface area contributed by atoms with Crippen molar-refractivity contribution >= 4 is 5.97 Å². The first kappa shape index (κ1) is 48.1. The van der Waals surface area contributed by atoms with E-state index < -0.39 is 110 Å². The summed E-state index contributed by atoms with van der Waals surface area (Å²) in [7, 11) is 0. The largest absolute Gasteiger partial charge is 0.479 e. The van der Waals surface area contributed by atoms with E-state index in [9.17, 15) is 50.8 Å². The average molecular weight is 897 g/mol. The van der Waals surface area contributed by atoms with Crippen LogP contribution in [-0.2, 0) is 33.2 Å². The number of rotatable bonds is 8. The van der Waals surface area contributed by atoms with Crippen LogP contribution in [-0.4, -0.2) is 157 Å². The van der Waals surface area contributed by atoms with Crippen LogP contribution >= 0.6 is 0 Å². The number of allylic oxidation sites excluding steroid dienone is 2. The number of carboxylic acid groups (broad SMARTS) is 1. The molecule has 9 N–H and O–H groups in total. The number of hydrogen-bond acceptors (Lipinski definition) is 15. The van der Waals surface area contributed by atoms with E-state index in [2.05, 4.69) is 54.5 Å². The smallest absolute Gasteiger partial charge is 0.335 e. The molecule has 5 aliphatic carbocycles. The van der Waals surface area contributed by atoms with Crippen LogP contribution in [0.2, 0.25) is 0 Å². The quantitative estimate of drug-likeness (QED) is 0.159. The Morgan fingerprint density at radius 3 is 2.08 bits per heavy atom. The van der Waals surface area contributed by atoms with E-state index >= 15 is 0 Å². The van der Waals surface area contributed by atoms with E-state index in [1.807, 2.05) is 0 Å². The molecule has 3 aliphatic heterocycles. The van der Waals surface area contributed by atoms with Gasteiger partial charge in [-0.2, -0.15) is 0 Å². The number of aliphatic carboxylic acids is 1. The van der Waals surface area contributed by atoms with Gasteiger partial charge in [0.15, 0.2) is 25.0 Å². The number of ether oxygens (including phenoxy) is 6. The Morgan fingerprint density at radius 1 is 0.714 bits per heavy atom. The number of aliphatic hydroxyl groups excluding tert-OH is 8. The number of carbonyl (C=O) groups is 1. The predicted molar refractivity (Wildman–Crippen MR) is 223 cm³/mol. The molecule has 0 spiro atoms. The highest BCUT2D eigenvalue weighted by atomic mass is 16.8. The molecule has 3 saturated heterocycles. The molecule has 8 rings (SSSR count). The average Bonchev–Trinajstić information content (AvgIpc) is 3.21. The van der Waals surface area contributed by atoms with Gasteiger partial charge < -0.3 is 74.4 Å². The first-order valence-corrected chi connectivity index (χ1v) is 23.6. The summed E-state index contributed by atoms with van der Waals surface area (Å²) in [6.07, 6.45) is -11.2. The van der Waals surface area contributed by atoms with Crippen molar-refractivity contribution in [2.24, 2.45) is 50.2 Å². The van der Waals surface area contributed by atoms with E-state index in [1.54, 1.807) is 0 Å². The summed E-state index contributed by atoms with van der Waals surface area (Å²) in [5.41, 5.74) is 0.726. The molecule has 0 amide bonds. The van der Waals surface area contributed by atoms with Gasteiger partial charge >= 0.3 is 5.97 Å². The van der Waals surface area contributed by atoms with Gasteiger partial charge in [0, 0.05) is 12.0 Å². The normalized spacial score (nSPS) is 55.7. The van der Waals surface area contributed by atoms with Crippen LogP contribution in [0.4, 0.5) is 0 Å². The third-order valence-corrected chi connectivity index (χ3v) is 18.9. The fraction of sp³-hybridized carbons (Fsp3) is 0.936. The van der Waals surface area contributed by atoms with Crippen LogP contribution in [0.5, 0.6) is 0 Å². The van der Waals surface area contributed by atoms with Crippen LogP contribution in [0.1, 0.15) is 120 Å². The van der Waals surface area contributed by atoms with Gasteiger partial charge in [0.2, 0.25) is 0 Å². The Balaban J connectivity index is 1.09. The van der Waals surface area contributed by atoms with Crippen LogP contribution < -0.4 is 0 Å². The van der Waals surface area contributed by atoms with Crippen molar-refractivity contribution in [2.75, 3.05) is 13.2 Å². The molecule has 4 saturated carbocycles. The lowest BCUT2D eigenvalue weighted by atomic mass is 9.33. The lowest BCUT2D eigenvalue weighted by molar-refractivity contribution is -0.386. The number of hydrogen-bond donors (Lipinski definition) is 9. The van der Waals surface area contributed by atoms with Crippen LogP contribution in [0.25, 0.3) is 0 Å². The zero-order chi connectivity index (χ0) is 46.0. The van der Waals surface area contributed by atoms with Crippen LogP contribution in [0.3, 0.4) is 0 Å². The molecule has 0 radical (unpaired) electrons. The molecule has 7 fully saturated rings. The molecule has 16 heteroatoms. The summed E-state index contributed by atoms with van der Waals surface area (Å²) < 4.78 is 36.6. The van der Waals surface area contributed by atoms with E-state index in [0.717, 1.165) is 51.4 Å². The molecule has 0 aromatic heterocycles. The zero-order valence-electron chi connectivity index (χ0n) is 38.3. The maximum Gasteiger partial charge on any atom is 0.335 e. The van der Waals surface area contributed by atoms with Gasteiger partial charge in [-0.15, -0.1) is 0 Å². The van der Waals surface area contributed by atoms with Crippen molar-refractivity contribution < 1.29 is 79.2 Å². The molecule has 3 heterocycles. The molecular weight excluding hydrogens is 821 g/mol. The van der Waals surface area contributed by atoms with Crippen LogP contribution in [0, 0.1) is 50.2 Å². The van der Waals surface area contributed by atoms with Gasteiger partial charge in [-0.1, -0.05) is 66.5 Å². The molecule has 0 bridgehead atoms. The topological polar surface area (TPSA) is 255 Å². The van der Waals surface area contributed by atoms with Gasteiger partial charge in [-0.3, -0.25) is 0 Å². The second kappa shape index (κ2) is 16.7. The summed E-state index contributed by atoms with van der Waals surface area (Å²) in [5, 5.41) is 96.9. The standard InChI is InChI=1S/C47H76O16/c1-22-29(50)31(52)34(55)39(59-22)62-36-30(51)25(49)20-58-40(36)63-37-33(54)32(53)35(38(56)57)61-41(37)60-28-19-42(2,3)18-24-23-10-11-27-45(6)14-9-13-43(4,21-48)26(45)12-15-47(27,8)46(23,7)17-16-44(24,28)5/h10,22,24-37,39-41,48-55H,9,11-21H2,1-8H3,(H,56,57)/t22-,24?,25+,26-,27?,28+,29-,30-,31+,32-,33-,34+,35-,36+,37+,39-,40-,41+,43+,44+,45-,46+,47+/m0/s1. The number of carboxylic acids is 1. The summed E-state index contributed by atoms with van der Waals surface area (Å²) in [4.78, 5) is 12.5. The monoisotopic (exact) mass is 897 g/mol. The third-order valence-electron chi connectivity index (χ3n) is 18.9. The molecule has 16 nitrogen and oxygen atoms in total. The van der Waals surface area contributed by atoms with Crippen molar-refractivity contribution in [3.05, 3.63) is 11.6 Å². The molecule has 23 atom stereocenters. The predicted octanol–water partition coefficient (Wildman–Crippen LogP) is 2.37. The van der Waals surface area contributed by atoms with Crippen molar-refractivity contribution in [3.8, 4) is 0 Å². The highest BCUT2D eigenvalue weighted by molar-refractivity contribution is 5.73. The van der Waals surface area contributed by atoms with Gasteiger partial charge in [0.25, 0.3) is 0 Å². The second-order valence-corrected chi connectivity index (χ2v) is 23.1. The Labute approximate surface area is 371 Å². The van der Waals surface area contributed by atoms with Crippen LogP contribution in [0.15, 0.2) is 11.6 Å². The molecule has 0 aromatic carbocycles. The minimum Gasteiger partial charge on any atom is -0.479 e. The number of aliphatic hydroxyl groups is 8. The van der Waals surface area contributed by atoms with Crippen molar-refractivity contribution in [1.29, 1.82) is 0 Å². The highest BCUT2D eigenvalue weighted by Gasteiger charge is 2.69. The Bertz CT molecular complexity index is 1730. The molecule has 8 aliphatic rings. The van der Waals surface area contributed by atoms with E-state index in [0.29, 0.717) is 18.3 Å². The van der Waals surface area contributed by atoms with Gasteiger partial charge in [0.05, 0.1) is 18.8 Å². The number of fused-ring (bicyclic) bond motifs is 7. The van der Waals surface area contributed by atoms with E-state index in [-0.39, 0.29) is 39.6 Å². The molecule has 0 aromatic rings. The molecule has 360 valence electrons. The third kappa shape index (κ3) is 7.60. The Hall–Kier alpha value is -1.35. The maximum absolute atomic E-state index is 12.5. The first-order chi connectivity index (χ1) is 29.4. The second-order valence-electron chi connectivity index (χ2n) is 23.1. The van der Waals surface area contributed by atoms with Crippen molar-refractivity contribution in [3.63, 3.8) is 0 Å². The SMILES string of the molecule is C[C@@H]1O[C@@H](O[C@H]2[C@H](O[C@H]3[C@H](O[C@@H]4CC(C)(C)CC5C6=CCC7[C@@]8(C)CCC[C@](C)(CO)[C@@H]8CC[C@@]7(C)[C@]6(C)CC[C@]54C)O[C@H](C(=O)O)[C@@H](O)[C@@H]3O)OC[C@@H](O)[C@@H]2O)[C@H](O)[C@H](O)[C@H]1O. The van der Waals surface area contributed by atoms with E-state index in [1.165, 1.54) is 18.9 Å². The summed E-state index contributed by atoms with van der Waals surface area (Å²) in [6, 6.07) is 0. The van der Waals surface area contributed by atoms with Gasteiger partial charge in [0.1, 0.15) is 54.9 Å². The lowest BCUT2D eigenvalue weighted by Crippen LogP contribution is -2.67.